The number of nitrogens with zero attached hydrogens (tertiary/aromatic N) is 1. The average Bonchev–Trinajstić information content (AvgIpc) is 2.46. The van der Waals surface area contributed by atoms with Crippen LogP contribution in [0.4, 0.5) is 4.79 Å². The van der Waals surface area contributed by atoms with Crippen LogP contribution >= 0.6 is 0 Å². The highest BCUT2D eigenvalue weighted by molar-refractivity contribution is 7.91. The predicted molar refractivity (Wildman–Crippen MR) is 92.5 cm³/mol. The second kappa shape index (κ2) is 7.34. The number of carbonyl (C=O) groups excluding carboxylic acids is 1. The van der Waals surface area contributed by atoms with Crippen LogP contribution in [0.25, 0.3) is 0 Å². The summed E-state index contributed by atoms with van der Waals surface area (Å²) in [6, 6.07) is 8.00. The fraction of sp³-hybridized carbons (Fsp3) is 0.588. The van der Waals surface area contributed by atoms with E-state index in [1.807, 2.05) is 0 Å². The van der Waals surface area contributed by atoms with Crippen molar-refractivity contribution in [2.24, 2.45) is 0 Å². The standard InChI is InChI=1S/C17H26N2O3S/c1-13(2)16-6-4-15(5-7-16)8-9-18-17(20)19-10-11-23(21,22)12-14(19)3/h4-7,13-14H,8-12H2,1-3H3,(H,18,20)/t14-/m1/s1. The minimum absolute atomic E-state index is 0.0527. The summed E-state index contributed by atoms with van der Waals surface area (Å²) in [6.45, 7) is 6.93. The Morgan fingerprint density at radius 2 is 1.96 bits per heavy atom. The number of carbonyl (C=O) groups is 1. The van der Waals surface area contributed by atoms with E-state index in [2.05, 4.69) is 43.4 Å². The Kier molecular flexibility index (Phi) is 5.68. The smallest absolute Gasteiger partial charge is 0.317 e. The van der Waals surface area contributed by atoms with Gasteiger partial charge >= 0.3 is 6.03 Å². The molecule has 2 amide bonds. The van der Waals surface area contributed by atoms with Gasteiger partial charge in [-0.15, -0.1) is 0 Å². The molecular weight excluding hydrogens is 312 g/mol. The lowest BCUT2D eigenvalue weighted by Crippen LogP contribution is -2.53. The monoisotopic (exact) mass is 338 g/mol. The Morgan fingerprint density at radius 1 is 1.30 bits per heavy atom. The summed E-state index contributed by atoms with van der Waals surface area (Å²) < 4.78 is 23.1. The first kappa shape index (κ1) is 17.8. The molecule has 1 aliphatic heterocycles. The van der Waals surface area contributed by atoms with Crippen molar-refractivity contribution in [2.45, 2.75) is 39.2 Å². The number of benzene rings is 1. The average molecular weight is 338 g/mol. The summed E-state index contributed by atoms with van der Waals surface area (Å²) in [6.07, 6.45) is 0.768. The first-order valence-corrected chi connectivity index (χ1v) is 9.94. The van der Waals surface area contributed by atoms with Crippen LogP contribution in [0.15, 0.2) is 24.3 Å². The summed E-state index contributed by atoms with van der Waals surface area (Å²) in [7, 11) is -2.99. The zero-order valence-electron chi connectivity index (χ0n) is 14.1. The fourth-order valence-electron chi connectivity index (χ4n) is 2.78. The normalized spacial score (nSPS) is 20.5. The Balaban J connectivity index is 1.81. The lowest BCUT2D eigenvalue weighted by molar-refractivity contribution is 0.185. The van der Waals surface area contributed by atoms with Crippen LogP contribution in [0.1, 0.15) is 37.8 Å². The maximum absolute atomic E-state index is 12.2. The number of hydrogen-bond donors (Lipinski definition) is 1. The number of urea groups is 1. The molecule has 0 unspecified atom stereocenters. The first-order valence-electron chi connectivity index (χ1n) is 8.12. The zero-order chi connectivity index (χ0) is 17.0. The molecule has 1 fully saturated rings. The van der Waals surface area contributed by atoms with Gasteiger partial charge in [-0.1, -0.05) is 38.1 Å². The molecule has 1 aromatic rings. The number of nitrogens with one attached hydrogen (secondary N) is 1. The minimum atomic E-state index is -2.99. The van der Waals surface area contributed by atoms with Gasteiger partial charge in [-0.3, -0.25) is 0 Å². The van der Waals surface area contributed by atoms with Gasteiger partial charge in [0.25, 0.3) is 0 Å². The quantitative estimate of drug-likeness (QED) is 0.915. The number of rotatable bonds is 4. The molecule has 0 radical (unpaired) electrons. The fourth-order valence-corrected chi connectivity index (χ4v) is 4.34. The van der Waals surface area contributed by atoms with Gasteiger partial charge in [0.1, 0.15) is 0 Å². The summed E-state index contributed by atoms with van der Waals surface area (Å²) in [5, 5.41) is 2.89. The molecule has 0 saturated carbocycles. The van der Waals surface area contributed by atoms with Crippen LogP contribution in [0.2, 0.25) is 0 Å². The van der Waals surface area contributed by atoms with Crippen LogP contribution in [0, 0.1) is 0 Å². The lowest BCUT2D eigenvalue weighted by atomic mass is 10.0. The van der Waals surface area contributed by atoms with Gasteiger partial charge in [-0.05, 0) is 30.4 Å². The third-order valence-corrected chi connectivity index (χ3v) is 6.06. The van der Waals surface area contributed by atoms with E-state index in [1.165, 1.54) is 11.1 Å². The third-order valence-electron chi connectivity index (χ3n) is 4.27. The summed E-state index contributed by atoms with van der Waals surface area (Å²) in [4.78, 5) is 13.8. The van der Waals surface area contributed by atoms with E-state index in [0.29, 0.717) is 12.5 Å². The van der Waals surface area contributed by atoms with E-state index in [-0.39, 0.29) is 30.1 Å². The molecule has 0 bridgehead atoms. The highest BCUT2D eigenvalue weighted by Gasteiger charge is 2.30. The van der Waals surface area contributed by atoms with Crippen LogP contribution < -0.4 is 5.32 Å². The molecule has 6 heteroatoms. The number of sulfone groups is 1. The molecule has 0 aliphatic carbocycles. The molecule has 1 N–H and O–H groups in total. The molecule has 128 valence electrons. The van der Waals surface area contributed by atoms with Gasteiger partial charge in [0.05, 0.1) is 11.5 Å². The van der Waals surface area contributed by atoms with E-state index in [1.54, 1.807) is 11.8 Å². The van der Waals surface area contributed by atoms with Crippen molar-refractivity contribution in [1.29, 1.82) is 0 Å². The van der Waals surface area contributed by atoms with Gasteiger partial charge in [0.15, 0.2) is 9.84 Å². The Labute approximate surface area is 139 Å². The van der Waals surface area contributed by atoms with E-state index >= 15 is 0 Å². The third kappa shape index (κ3) is 4.96. The second-order valence-electron chi connectivity index (χ2n) is 6.53. The molecule has 2 rings (SSSR count). The summed E-state index contributed by atoms with van der Waals surface area (Å²) >= 11 is 0. The SMILES string of the molecule is CC(C)c1ccc(CCNC(=O)N2CCS(=O)(=O)C[C@H]2C)cc1. The number of amides is 2. The zero-order valence-corrected chi connectivity index (χ0v) is 14.9. The van der Waals surface area contributed by atoms with Crippen LogP contribution in [0.5, 0.6) is 0 Å². The Bertz CT molecular complexity index is 638. The first-order chi connectivity index (χ1) is 10.8. The highest BCUT2D eigenvalue weighted by atomic mass is 32.2. The van der Waals surface area contributed by atoms with Gasteiger partial charge in [-0.25, -0.2) is 13.2 Å². The van der Waals surface area contributed by atoms with Crippen molar-refractivity contribution < 1.29 is 13.2 Å². The predicted octanol–water partition coefficient (Wildman–Crippen LogP) is 2.18. The molecule has 1 atom stereocenters. The maximum atomic E-state index is 12.2. The molecular formula is C17H26N2O3S. The number of hydrogen-bond acceptors (Lipinski definition) is 3. The van der Waals surface area contributed by atoms with Crippen molar-refractivity contribution >= 4 is 15.9 Å². The molecule has 5 nitrogen and oxygen atoms in total. The van der Waals surface area contributed by atoms with Gasteiger partial charge in [0, 0.05) is 19.1 Å². The van der Waals surface area contributed by atoms with Gasteiger partial charge < -0.3 is 10.2 Å². The topological polar surface area (TPSA) is 66.5 Å². The van der Waals surface area contributed by atoms with Crippen molar-refractivity contribution in [3.05, 3.63) is 35.4 Å². The van der Waals surface area contributed by atoms with Crippen molar-refractivity contribution in [3.63, 3.8) is 0 Å². The van der Waals surface area contributed by atoms with Crippen LogP contribution in [-0.4, -0.2) is 50.0 Å². The summed E-state index contributed by atoms with van der Waals surface area (Å²) in [5.74, 6) is 0.624. The molecule has 0 spiro atoms. The molecule has 1 heterocycles. The second-order valence-corrected chi connectivity index (χ2v) is 8.76. The highest BCUT2D eigenvalue weighted by Crippen LogP contribution is 2.15. The molecule has 1 aromatic carbocycles. The van der Waals surface area contributed by atoms with E-state index in [4.69, 9.17) is 0 Å². The summed E-state index contributed by atoms with van der Waals surface area (Å²) in [5.41, 5.74) is 2.49. The molecule has 1 saturated heterocycles. The molecule has 1 aliphatic rings. The Hall–Kier alpha value is -1.56. The molecule has 23 heavy (non-hydrogen) atoms. The van der Waals surface area contributed by atoms with E-state index in [0.717, 1.165) is 6.42 Å². The van der Waals surface area contributed by atoms with Gasteiger partial charge in [-0.2, -0.15) is 0 Å². The maximum Gasteiger partial charge on any atom is 0.317 e. The van der Waals surface area contributed by atoms with Crippen LogP contribution in [-0.2, 0) is 16.3 Å². The largest absolute Gasteiger partial charge is 0.338 e. The van der Waals surface area contributed by atoms with Crippen molar-refractivity contribution in [1.82, 2.24) is 10.2 Å². The van der Waals surface area contributed by atoms with Gasteiger partial charge in [0.2, 0.25) is 0 Å². The minimum Gasteiger partial charge on any atom is -0.338 e. The lowest BCUT2D eigenvalue weighted by Gasteiger charge is -2.33. The molecule has 0 aromatic heterocycles. The van der Waals surface area contributed by atoms with E-state index < -0.39 is 9.84 Å². The Morgan fingerprint density at radius 3 is 2.52 bits per heavy atom. The van der Waals surface area contributed by atoms with E-state index in [9.17, 15) is 13.2 Å². The van der Waals surface area contributed by atoms with Crippen molar-refractivity contribution in [2.75, 3.05) is 24.6 Å². The van der Waals surface area contributed by atoms with Crippen molar-refractivity contribution in [3.8, 4) is 0 Å². The van der Waals surface area contributed by atoms with Crippen LogP contribution in [0.3, 0.4) is 0 Å².